The van der Waals surface area contributed by atoms with E-state index in [1.54, 1.807) is 6.07 Å². The third-order valence-electron chi connectivity index (χ3n) is 8.25. The van der Waals surface area contributed by atoms with Crippen molar-refractivity contribution in [1.29, 1.82) is 0 Å². The SMILES string of the molecule is CCCOCC1CCC(c2ccc(-c3ccc(C4CCC(CCC)CC4)cc3)c(F)c2)CC1. The summed E-state index contributed by atoms with van der Waals surface area (Å²) in [6.45, 7) is 6.21. The average molecular weight is 451 g/mol. The minimum atomic E-state index is -0.0753. The average Bonchev–Trinajstić information content (AvgIpc) is 2.85. The van der Waals surface area contributed by atoms with Crippen LogP contribution in [0.3, 0.4) is 0 Å². The fourth-order valence-electron chi connectivity index (χ4n) is 6.20. The van der Waals surface area contributed by atoms with Gasteiger partial charge in [0.25, 0.3) is 0 Å². The van der Waals surface area contributed by atoms with Crippen molar-refractivity contribution < 1.29 is 9.13 Å². The summed E-state index contributed by atoms with van der Waals surface area (Å²) in [5.74, 6) is 2.71. The number of ether oxygens (including phenoxy) is 1. The maximum Gasteiger partial charge on any atom is 0.131 e. The largest absolute Gasteiger partial charge is 0.381 e. The van der Waals surface area contributed by atoms with Crippen LogP contribution in [0.25, 0.3) is 11.1 Å². The number of rotatable bonds is 9. The second kappa shape index (κ2) is 12.2. The lowest BCUT2D eigenvalue weighted by atomic mass is 9.77. The van der Waals surface area contributed by atoms with Crippen LogP contribution in [0.2, 0.25) is 0 Å². The van der Waals surface area contributed by atoms with Crippen LogP contribution in [0.5, 0.6) is 0 Å². The van der Waals surface area contributed by atoms with E-state index < -0.39 is 0 Å². The predicted molar refractivity (Wildman–Crippen MR) is 137 cm³/mol. The molecule has 0 bridgehead atoms. The van der Waals surface area contributed by atoms with Crippen molar-refractivity contribution in [3.63, 3.8) is 0 Å². The highest BCUT2D eigenvalue weighted by molar-refractivity contribution is 5.65. The highest BCUT2D eigenvalue weighted by Crippen LogP contribution is 2.39. The van der Waals surface area contributed by atoms with Gasteiger partial charge >= 0.3 is 0 Å². The predicted octanol–water partition coefficient (Wildman–Crippen LogP) is 9.27. The van der Waals surface area contributed by atoms with Gasteiger partial charge in [-0.25, -0.2) is 4.39 Å². The van der Waals surface area contributed by atoms with Gasteiger partial charge in [-0.3, -0.25) is 0 Å². The van der Waals surface area contributed by atoms with Crippen molar-refractivity contribution in [1.82, 2.24) is 0 Å². The number of hydrogen-bond acceptors (Lipinski definition) is 1. The first-order chi connectivity index (χ1) is 16.2. The number of hydrogen-bond donors (Lipinski definition) is 0. The summed E-state index contributed by atoms with van der Waals surface area (Å²) in [6.07, 6.45) is 13.8. The summed E-state index contributed by atoms with van der Waals surface area (Å²) in [7, 11) is 0. The van der Waals surface area contributed by atoms with E-state index in [1.165, 1.54) is 62.5 Å². The van der Waals surface area contributed by atoms with Crippen LogP contribution >= 0.6 is 0 Å². The molecule has 2 aliphatic carbocycles. The maximum absolute atomic E-state index is 15.1. The topological polar surface area (TPSA) is 9.23 Å². The molecule has 2 aromatic carbocycles. The molecular weight excluding hydrogens is 407 g/mol. The van der Waals surface area contributed by atoms with Gasteiger partial charge in [0.2, 0.25) is 0 Å². The molecule has 2 fully saturated rings. The van der Waals surface area contributed by atoms with Crippen LogP contribution in [0.4, 0.5) is 4.39 Å². The second-order valence-corrected chi connectivity index (χ2v) is 10.7. The highest BCUT2D eigenvalue weighted by Gasteiger charge is 2.24. The molecule has 0 spiro atoms. The number of halogens is 1. The van der Waals surface area contributed by atoms with Crippen molar-refractivity contribution in [3.05, 3.63) is 59.4 Å². The van der Waals surface area contributed by atoms with E-state index in [9.17, 15) is 0 Å². The van der Waals surface area contributed by atoms with Crippen molar-refractivity contribution in [2.24, 2.45) is 11.8 Å². The molecule has 0 aromatic heterocycles. The van der Waals surface area contributed by atoms with E-state index in [0.717, 1.165) is 49.5 Å². The molecular formula is C31H43FO. The first kappa shape index (κ1) is 24.5. The first-order valence-electron chi connectivity index (χ1n) is 13.6. The lowest BCUT2D eigenvalue weighted by molar-refractivity contribution is 0.0831. The van der Waals surface area contributed by atoms with Gasteiger partial charge in [0.15, 0.2) is 0 Å². The lowest BCUT2D eigenvalue weighted by Crippen LogP contribution is -2.18. The van der Waals surface area contributed by atoms with Crippen LogP contribution in [0, 0.1) is 17.7 Å². The first-order valence-corrected chi connectivity index (χ1v) is 13.6. The third kappa shape index (κ3) is 6.47. The summed E-state index contributed by atoms with van der Waals surface area (Å²) >= 11 is 0. The van der Waals surface area contributed by atoms with Gasteiger partial charge in [-0.05, 0) is 104 Å². The van der Waals surface area contributed by atoms with Gasteiger partial charge in [-0.15, -0.1) is 0 Å². The molecule has 0 N–H and O–H groups in total. The standard InChI is InChI=1S/C31H43FO/c1-3-5-23-6-10-25(11-7-23)26-14-16-28(17-15-26)30-19-18-29(21-31(30)32)27-12-8-24(9-13-27)22-33-20-4-2/h14-19,21,23-25,27H,3-13,20,22H2,1-2H3. The zero-order valence-electron chi connectivity index (χ0n) is 20.8. The van der Waals surface area contributed by atoms with Gasteiger partial charge in [0.05, 0.1) is 0 Å². The van der Waals surface area contributed by atoms with Crippen LogP contribution < -0.4 is 0 Å². The Labute approximate surface area is 201 Å². The molecule has 2 saturated carbocycles. The fourth-order valence-corrected chi connectivity index (χ4v) is 6.20. The van der Waals surface area contributed by atoms with Crippen LogP contribution in [0.1, 0.15) is 107 Å². The van der Waals surface area contributed by atoms with E-state index >= 15 is 4.39 Å². The minimum absolute atomic E-state index is 0.0753. The minimum Gasteiger partial charge on any atom is -0.381 e. The Morgan fingerprint density at radius 1 is 0.727 bits per heavy atom. The molecule has 0 atom stereocenters. The van der Waals surface area contributed by atoms with E-state index in [1.807, 2.05) is 6.07 Å². The van der Waals surface area contributed by atoms with Crippen LogP contribution in [-0.2, 0) is 4.74 Å². The lowest BCUT2D eigenvalue weighted by Gasteiger charge is -2.29. The molecule has 4 rings (SSSR count). The zero-order valence-corrected chi connectivity index (χ0v) is 20.8. The molecule has 2 heteroatoms. The fraction of sp³-hybridized carbons (Fsp3) is 0.613. The van der Waals surface area contributed by atoms with E-state index in [2.05, 4.69) is 44.2 Å². The Morgan fingerprint density at radius 3 is 1.94 bits per heavy atom. The van der Waals surface area contributed by atoms with Crippen molar-refractivity contribution in [3.8, 4) is 11.1 Å². The molecule has 33 heavy (non-hydrogen) atoms. The molecule has 1 nitrogen and oxygen atoms in total. The second-order valence-electron chi connectivity index (χ2n) is 10.7. The Morgan fingerprint density at radius 2 is 1.33 bits per heavy atom. The van der Waals surface area contributed by atoms with E-state index in [-0.39, 0.29) is 5.82 Å². The third-order valence-corrected chi connectivity index (χ3v) is 8.25. The molecule has 0 unspecified atom stereocenters. The van der Waals surface area contributed by atoms with Gasteiger partial charge in [-0.2, -0.15) is 0 Å². The summed E-state index contributed by atoms with van der Waals surface area (Å²) in [5, 5.41) is 0. The maximum atomic E-state index is 15.1. The van der Waals surface area contributed by atoms with Crippen molar-refractivity contribution in [2.45, 2.75) is 96.3 Å². The molecule has 0 radical (unpaired) electrons. The Hall–Kier alpha value is -1.67. The smallest absolute Gasteiger partial charge is 0.131 e. The molecule has 0 heterocycles. The zero-order chi connectivity index (χ0) is 23.0. The van der Waals surface area contributed by atoms with Crippen molar-refractivity contribution >= 4 is 0 Å². The normalized spacial score (nSPS) is 25.8. The summed E-state index contributed by atoms with van der Waals surface area (Å²) in [5.41, 5.74) is 4.34. The summed E-state index contributed by atoms with van der Waals surface area (Å²) < 4.78 is 20.9. The monoisotopic (exact) mass is 450 g/mol. The molecule has 0 saturated heterocycles. The van der Waals surface area contributed by atoms with E-state index in [4.69, 9.17) is 4.74 Å². The summed E-state index contributed by atoms with van der Waals surface area (Å²) in [4.78, 5) is 0. The quantitative estimate of drug-likeness (QED) is 0.346. The van der Waals surface area contributed by atoms with Gasteiger partial charge < -0.3 is 4.74 Å². The van der Waals surface area contributed by atoms with Gasteiger partial charge in [0.1, 0.15) is 5.82 Å². The Kier molecular flexibility index (Phi) is 9.01. The molecule has 2 aliphatic rings. The van der Waals surface area contributed by atoms with E-state index in [0.29, 0.717) is 17.8 Å². The van der Waals surface area contributed by atoms with Gasteiger partial charge in [-0.1, -0.05) is 63.1 Å². The van der Waals surface area contributed by atoms with Gasteiger partial charge in [0, 0.05) is 18.8 Å². The Bertz CT molecular complexity index is 842. The van der Waals surface area contributed by atoms with Crippen molar-refractivity contribution in [2.75, 3.05) is 13.2 Å². The summed E-state index contributed by atoms with van der Waals surface area (Å²) in [6, 6.07) is 14.7. The number of benzene rings is 2. The molecule has 0 aliphatic heterocycles. The highest BCUT2D eigenvalue weighted by atomic mass is 19.1. The Balaban J connectivity index is 1.34. The van der Waals surface area contributed by atoms with Crippen LogP contribution in [0.15, 0.2) is 42.5 Å². The molecule has 180 valence electrons. The van der Waals surface area contributed by atoms with Crippen LogP contribution in [-0.4, -0.2) is 13.2 Å². The molecule has 2 aromatic rings. The molecule has 0 amide bonds.